The Hall–Kier alpha value is -0.820. The molecule has 0 aliphatic carbocycles. The van der Waals surface area contributed by atoms with Gasteiger partial charge in [0.2, 0.25) is 0 Å². The Balaban J connectivity index is 2.56. The summed E-state index contributed by atoms with van der Waals surface area (Å²) >= 11 is 0. The maximum atomic E-state index is 3.66. The van der Waals surface area contributed by atoms with Gasteiger partial charge in [0.15, 0.2) is 0 Å². The van der Waals surface area contributed by atoms with Crippen LogP contribution in [0.25, 0.3) is 0 Å². The third-order valence-electron chi connectivity index (χ3n) is 2.65. The summed E-state index contributed by atoms with van der Waals surface area (Å²) in [4.78, 5) is 0. The molecule has 90 valence electrons. The van der Waals surface area contributed by atoms with Gasteiger partial charge < -0.3 is 5.32 Å². The number of hydrogen-bond donors (Lipinski definition) is 1. The third kappa shape index (κ3) is 5.32. The van der Waals surface area contributed by atoms with Gasteiger partial charge in [-0.15, -0.1) is 0 Å². The fourth-order valence-electron chi connectivity index (χ4n) is 2.15. The van der Waals surface area contributed by atoms with Gasteiger partial charge in [-0.25, -0.2) is 0 Å². The van der Waals surface area contributed by atoms with E-state index >= 15 is 0 Å². The largest absolute Gasteiger partial charge is 0.311 e. The highest BCUT2D eigenvalue weighted by Crippen LogP contribution is 2.11. The number of nitrogens with one attached hydrogen (secondary N) is 1. The first-order chi connectivity index (χ1) is 7.58. The van der Waals surface area contributed by atoms with Gasteiger partial charge in [0.1, 0.15) is 0 Å². The van der Waals surface area contributed by atoms with E-state index in [9.17, 15) is 0 Å². The minimum Gasteiger partial charge on any atom is -0.311 e. The average Bonchev–Trinajstić information content (AvgIpc) is 2.16. The molecule has 0 radical (unpaired) electrons. The zero-order valence-corrected chi connectivity index (χ0v) is 11.0. The molecule has 0 aliphatic rings. The molecule has 16 heavy (non-hydrogen) atoms. The van der Waals surface area contributed by atoms with Crippen molar-refractivity contribution in [3.63, 3.8) is 0 Å². The second-order valence-electron chi connectivity index (χ2n) is 5.34. The summed E-state index contributed by atoms with van der Waals surface area (Å²) in [5, 5.41) is 3.66. The van der Waals surface area contributed by atoms with Crippen molar-refractivity contribution in [2.24, 2.45) is 5.92 Å². The Bertz CT molecular complexity index is 267. The molecule has 0 unspecified atom stereocenters. The quantitative estimate of drug-likeness (QED) is 0.770. The molecule has 1 heteroatoms. The smallest absolute Gasteiger partial charge is 0.0112 e. The van der Waals surface area contributed by atoms with Crippen LogP contribution < -0.4 is 5.32 Å². The lowest BCUT2D eigenvalue weighted by Gasteiger charge is -2.23. The Morgan fingerprint density at radius 1 is 1.00 bits per heavy atom. The van der Waals surface area contributed by atoms with Crippen LogP contribution in [0.2, 0.25) is 0 Å². The molecule has 0 fully saturated rings. The average molecular weight is 219 g/mol. The summed E-state index contributed by atoms with van der Waals surface area (Å²) in [5.41, 5.74) is 1.43. The predicted octanol–water partition coefficient (Wildman–Crippen LogP) is 3.64. The molecule has 1 N–H and O–H groups in total. The first kappa shape index (κ1) is 13.2. The zero-order valence-electron chi connectivity index (χ0n) is 11.0. The molecule has 1 aromatic rings. The normalized spacial score (nSPS) is 13.4. The first-order valence-corrected chi connectivity index (χ1v) is 6.38. The van der Waals surface area contributed by atoms with Crippen LogP contribution in [0.4, 0.5) is 0 Å². The van der Waals surface area contributed by atoms with Crippen LogP contribution >= 0.6 is 0 Å². The van der Waals surface area contributed by atoms with Crippen LogP contribution in [0, 0.1) is 5.92 Å². The summed E-state index contributed by atoms with van der Waals surface area (Å²) < 4.78 is 0. The van der Waals surface area contributed by atoms with Crippen LogP contribution in [0.5, 0.6) is 0 Å². The van der Waals surface area contributed by atoms with Crippen molar-refractivity contribution in [3.8, 4) is 0 Å². The van der Waals surface area contributed by atoms with Crippen LogP contribution in [0.15, 0.2) is 30.3 Å². The van der Waals surface area contributed by atoms with Gasteiger partial charge in [-0.05, 0) is 24.3 Å². The molecule has 1 atom stereocenters. The highest BCUT2D eigenvalue weighted by molar-refractivity contribution is 5.15. The van der Waals surface area contributed by atoms with E-state index in [0.717, 1.165) is 12.3 Å². The van der Waals surface area contributed by atoms with Gasteiger partial charge in [-0.1, -0.05) is 58.0 Å². The summed E-state index contributed by atoms with van der Waals surface area (Å²) in [6.45, 7) is 9.02. The molecule has 0 saturated heterocycles. The Morgan fingerprint density at radius 2 is 1.62 bits per heavy atom. The van der Waals surface area contributed by atoms with Crippen molar-refractivity contribution in [1.29, 1.82) is 0 Å². The lowest BCUT2D eigenvalue weighted by atomic mass is 9.97. The molecule has 0 heterocycles. The van der Waals surface area contributed by atoms with E-state index in [1.54, 1.807) is 0 Å². The lowest BCUT2D eigenvalue weighted by Crippen LogP contribution is -2.37. The summed E-state index contributed by atoms with van der Waals surface area (Å²) in [5.74, 6) is 0.750. The van der Waals surface area contributed by atoms with Gasteiger partial charge in [-0.2, -0.15) is 0 Å². The maximum Gasteiger partial charge on any atom is 0.0112 e. The molecular formula is C15H25N. The highest BCUT2D eigenvalue weighted by atomic mass is 14.9. The van der Waals surface area contributed by atoms with E-state index in [4.69, 9.17) is 0 Å². The fraction of sp³-hybridized carbons (Fsp3) is 0.600. The summed E-state index contributed by atoms with van der Waals surface area (Å²) in [6.07, 6.45) is 2.38. The molecule has 0 bridgehead atoms. The summed E-state index contributed by atoms with van der Waals surface area (Å²) in [6, 6.07) is 11.9. The van der Waals surface area contributed by atoms with E-state index in [2.05, 4.69) is 63.3 Å². The van der Waals surface area contributed by atoms with Crippen LogP contribution in [0.1, 0.15) is 39.7 Å². The van der Waals surface area contributed by atoms with Gasteiger partial charge in [-0.3, -0.25) is 0 Å². The molecule has 0 aliphatic heterocycles. The van der Waals surface area contributed by atoms with Gasteiger partial charge in [0.25, 0.3) is 0 Å². The molecular weight excluding hydrogens is 194 g/mol. The van der Waals surface area contributed by atoms with E-state index in [-0.39, 0.29) is 0 Å². The van der Waals surface area contributed by atoms with Gasteiger partial charge >= 0.3 is 0 Å². The number of benzene rings is 1. The molecule has 0 aromatic heterocycles. The Morgan fingerprint density at radius 3 is 2.12 bits per heavy atom. The second-order valence-corrected chi connectivity index (χ2v) is 5.34. The highest BCUT2D eigenvalue weighted by Gasteiger charge is 2.12. The predicted molar refractivity (Wildman–Crippen MR) is 71.7 cm³/mol. The zero-order chi connectivity index (χ0) is 12.0. The topological polar surface area (TPSA) is 12.0 Å². The molecule has 1 nitrogen and oxygen atoms in total. The molecule has 0 saturated carbocycles. The minimum atomic E-state index is 0.562. The monoisotopic (exact) mass is 219 g/mol. The van der Waals surface area contributed by atoms with Gasteiger partial charge in [0.05, 0.1) is 0 Å². The molecule has 1 aromatic carbocycles. The van der Waals surface area contributed by atoms with E-state index in [1.165, 1.54) is 12.0 Å². The van der Waals surface area contributed by atoms with Crippen LogP contribution in [0.3, 0.4) is 0 Å². The van der Waals surface area contributed by atoms with Crippen molar-refractivity contribution < 1.29 is 0 Å². The van der Waals surface area contributed by atoms with Crippen molar-refractivity contribution >= 4 is 0 Å². The van der Waals surface area contributed by atoms with Crippen LogP contribution in [-0.2, 0) is 6.42 Å². The van der Waals surface area contributed by atoms with Crippen molar-refractivity contribution in [1.82, 2.24) is 5.32 Å². The van der Waals surface area contributed by atoms with Crippen LogP contribution in [-0.4, -0.2) is 12.1 Å². The maximum absolute atomic E-state index is 3.66. The molecule has 0 amide bonds. The lowest BCUT2D eigenvalue weighted by molar-refractivity contribution is 0.389. The summed E-state index contributed by atoms with van der Waals surface area (Å²) in [7, 11) is 0. The van der Waals surface area contributed by atoms with E-state index < -0.39 is 0 Å². The number of hydrogen-bond acceptors (Lipinski definition) is 1. The Labute approximate surface area is 100 Å². The van der Waals surface area contributed by atoms with E-state index in [0.29, 0.717) is 12.1 Å². The number of rotatable bonds is 6. The van der Waals surface area contributed by atoms with E-state index in [1.807, 2.05) is 0 Å². The fourth-order valence-corrected chi connectivity index (χ4v) is 2.15. The Kier molecular flexibility index (Phi) is 5.54. The first-order valence-electron chi connectivity index (χ1n) is 6.38. The SMILES string of the molecule is CC(C)C[C@@H](Cc1ccccc1)NC(C)C. The molecule has 0 spiro atoms. The second kappa shape index (κ2) is 6.70. The van der Waals surface area contributed by atoms with Gasteiger partial charge in [0, 0.05) is 12.1 Å². The standard InChI is InChI=1S/C15H25N/c1-12(2)10-15(16-13(3)4)11-14-8-6-5-7-9-14/h5-9,12-13,15-16H,10-11H2,1-4H3/t15-/m0/s1. The van der Waals surface area contributed by atoms with Crippen molar-refractivity contribution in [3.05, 3.63) is 35.9 Å². The minimum absolute atomic E-state index is 0.562. The van der Waals surface area contributed by atoms with Crippen molar-refractivity contribution in [2.45, 2.75) is 52.6 Å². The van der Waals surface area contributed by atoms with Crippen molar-refractivity contribution in [2.75, 3.05) is 0 Å². The molecule has 1 rings (SSSR count). The third-order valence-corrected chi connectivity index (χ3v) is 2.65.